The smallest absolute Gasteiger partial charge is 0.00746 e. The molecule has 2 N–H and O–H groups in total. The van der Waals surface area contributed by atoms with Crippen LogP contribution in [0.1, 0.15) is 64.7 Å². The van der Waals surface area contributed by atoms with E-state index in [9.17, 15) is 0 Å². The van der Waals surface area contributed by atoms with E-state index in [1.54, 1.807) is 0 Å². The molecule has 1 saturated carbocycles. The van der Waals surface area contributed by atoms with Gasteiger partial charge in [0.25, 0.3) is 0 Å². The first kappa shape index (κ1) is 12.0. The van der Waals surface area contributed by atoms with Gasteiger partial charge < -0.3 is 5.73 Å². The average molecular weight is 197 g/mol. The van der Waals surface area contributed by atoms with Crippen LogP contribution in [0.4, 0.5) is 0 Å². The molecule has 0 bridgehead atoms. The molecule has 1 aliphatic carbocycles. The lowest BCUT2D eigenvalue weighted by molar-refractivity contribution is 0.251. The summed E-state index contributed by atoms with van der Waals surface area (Å²) in [5, 5.41) is 0. The zero-order chi connectivity index (χ0) is 10.2. The first-order valence-corrected chi connectivity index (χ1v) is 6.56. The van der Waals surface area contributed by atoms with Crippen LogP contribution in [-0.2, 0) is 0 Å². The molecule has 1 heteroatoms. The molecular formula is C13H27N. The minimum absolute atomic E-state index is 0.894. The van der Waals surface area contributed by atoms with Gasteiger partial charge in [-0.3, -0.25) is 0 Å². The molecule has 0 saturated heterocycles. The summed E-state index contributed by atoms with van der Waals surface area (Å²) in [4.78, 5) is 0. The Balaban J connectivity index is 2.03. The van der Waals surface area contributed by atoms with Crippen molar-refractivity contribution in [2.75, 3.05) is 6.54 Å². The second-order valence-electron chi connectivity index (χ2n) is 4.96. The third kappa shape index (κ3) is 4.45. The van der Waals surface area contributed by atoms with Crippen LogP contribution in [0.5, 0.6) is 0 Å². The molecule has 1 nitrogen and oxygen atoms in total. The zero-order valence-electron chi connectivity index (χ0n) is 9.80. The molecule has 0 unspecified atom stereocenters. The molecule has 0 amide bonds. The molecule has 0 aromatic rings. The van der Waals surface area contributed by atoms with Crippen LogP contribution < -0.4 is 5.73 Å². The standard InChI is InChI=1S/C13H27N/c1-2-3-4-5-12-6-8-13(9-7-12)10-11-14/h12-13H,2-11,14H2,1H3. The van der Waals surface area contributed by atoms with Crippen molar-refractivity contribution in [2.45, 2.75) is 64.7 Å². The Labute approximate surface area is 89.5 Å². The van der Waals surface area contributed by atoms with Gasteiger partial charge >= 0.3 is 0 Å². The van der Waals surface area contributed by atoms with Crippen molar-refractivity contribution in [1.82, 2.24) is 0 Å². The second kappa shape index (κ2) is 7.28. The number of hydrogen-bond donors (Lipinski definition) is 1. The quantitative estimate of drug-likeness (QED) is 0.645. The Morgan fingerprint density at radius 2 is 1.50 bits per heavy atom. The van der Waals surface area contributed by atoms with Crippen molar-refractivity contribution in [3.05, 3.63) is 0 Å². The Kier molecular flexibility index (Phi) is 6.25. The molecule has 0 heterocycles. The average Bonchev–Trinajstić information content (AvgIpc) is 2.21. The van der Waals surface area contributed by atoms with Gasteiger partial charge in [-0.15, -0.1) is 0 Å². The third-order valence-corrected chi connectivity index (χ3v) is 3.76. The normalized spacial score (nSPS) is 27.9. The van der Waals surface area contributed by atoms with Crippen molar-refractivity contribution in [2.24, 2.45) is 17.6 Å². The van der Waals surface area contributed by atoms with E-state index in [-0.39, 0.29) is 0 Å². The first-order chi connectivity index (χ1) is 6.86. The highest BCUT2D eigenvalue weighted by Gasteiger charge is 2.19. The summed E-state index contributed by atoms with van der Waals surface area (Å²) in [6, 6.07) is 0. The van der Waals surface area contributed by atoms with Crippen LogP contribution >= 0.6 is 0 Å². The van der Waals surface area contributed by atoms with E-state index in [4.69, 9.17) is 5.73 Å². The molecule has 0 aliphatic heterocycles. The number of unbranched alkanes of at least 4 members (excludes halogenated alkanes) is 2. The summed E-state index contributed by atoms with van der Waals surface area (Å²) in [5.41, 5.74) is 5.59. The molecular weight excluding hydrogens is 170 g/mol. The lowest BCUT2D eigenvalue weighted by Gasteiger charge is -2.28. The van der Waals surface area contributed by atoms with Crippen LogP contribution in [-0.4, -0.2) is 6.54 Å². The highest BCUT2D eigenvalue weighted by atomic mass is 14.5. The third-order valence-electron chi connectivity index (χ3n) is 3.76. The second-order valence-corrected chi connectivity index (χ2v) is 4.96. The molecule has 0 spiro atoms. The SMILES string of the molecule is CCCCCC1CCC(CCN)CC1. The van der Waals surface area contributed by atoms with Gasteiger partial charge in [-0.2, -0.15) is 0 Å². The summed E-state index contributed by atoms with van der Waals surface area (Å²) in [6.07, 6.45) is 12.9. The van der Waals surface area contributed by atoms with Crippen molar-refractivity contribution < 1.29 is 0 Å². The maximum atomic E-state index is 5.59. The van der Waals surface area contributed by atoms with E-state index in [1.807, 2.05) is 0 Å². The molecule has 1 aliphatic rings. The number of rotatable bonds is 6. The maximum absolute atomic E-state index is 5.59. The van der Waals surface area contributed by atoms with Gasteiger partial charge in [-0.1, -0.05) is 58.3 Å². The molecule has 84 valence electrons. The molecule has 0 atom stereocenters. The first-order valence-electron chi connectivity index (χ1n) is 6.56. The fraction of sp³-hybridized carbons (Fsp3) is 1.00. The topological polar surface area (TPSA) is 26.0 Å². The maximum Gasteiger partial charge on any atom is -0.00746 e. The summed E-state index contributed by atoms with van der Waals surface area (Å²) in [5.74, 6) is 2.01. The Bertz CT molecular complexity index is 125. The van der Waals surface area contributed by atoms with Crippen molar-refractivity contribution in [1.29, 1.82) is 0 Å². The Morgan fingerprint density at radius 1 is 0.929 bits per heavy atom. The fourth-order valence-corrected chi connectivity index (χ4v) is 2.73. The Morgan fingerprint density at radius 3 is 2.00 bits per heavy atom. The van der Waals surface area contributed by atoms with Crippen LogP contribution in [0.15, 0.2) is 0 Å². The molecule has 0 aromatic heterocycles. The summed E-state index contributed by atoms with van der Waals surface area (Å²) in [7, 11) is 0. The van der Waals surface area contributed by atoms with E-state index in [2.05, 4.69) is 6.92 Å². The van der Waals surface area contributed by atoms with Crippen LogP contribution in [0, 0.1) is 11.8 Å². The van der Waals surface area contributed by atoms with Crippen molar-refractivity contribution in [3.8, 4) is 0 Å². The van der Waals surface area contributed by atoms with E-state index in [0.717, 1.165) is 18.4 Å². The van der Waals surface area contributed by atoms with Gasteiger partial charge in [-0.25, -0.2) is 0 Å². The highest BCUT2D eigenvalue weighted by Crippen LogP contribution is 2.33. The van der Waals surface area contributed by atoms with Gasteiger partial charge in [-0.05, 0) is 24.8 Å². The number of hydrogen-bond acceptors (Lipinski definition) is 1. The highest BCUT2D eigenvalue weighted by molar-refractivity contribution is 4.72. The molecule has 1 fully saturated rings. The molecule has 0 radical (unpaired) electrons. The summed E-state index contributed by atoms with van der Waals surface area (Å²) < 4.78 is 0. The van der Waals surface area contributed by atoms with Crippen LogP contribution in [0.3, 0.4) is 0 Å². The van der Waals surface area contributed by atoms with E-state index >= 15 is 0 Å². The minimum Gasteiger partial charge on any atom is -0.330 e. The monoisotopic (exact) mass is 197 g/mol. The molecule has 14 heavy (non-hydrogen) atoms. The lowest BCUT2D eigenvalue weighted by atomic mass is 9.78. The fourth-order valence-electron chi connectivity index (χ4n) is 2.73. The van der Waals surface area contributed by atoms with Gasteiger partial charge in [0.15, 0.2) is 0 Å². The van der Waals surface area contributed by atoms with Crippen LogP contribution in [0.25, 0.3) is 0 Å². The Hall–Kier alpha value is -0.0400. The predicted molar refractivity (Wildman–Crippen MR) is 63.3 cm³/mol. The van der Waals surface area contributed by atoms with E-state index in [0.29, 0.717) is 0 Å². The zero-order valence-corrected chi connectivity index (χ0v) is 9.80. The van der Waals surface area contributed by atoms with E-state index in [1.165, 1.54) is 57.8 Å². The van der Waals surface area contributed by atoms with Crippen LogP contribution in [0.2, 0.25) is 0 Å². The van der Waals surface area contributed by atoms with Gasteiger partial charge in [0.05, 0.1) is 0 Å². The number of nitrogens with two attached hydrogens (primary N) is 1. The van der Waals surface area contributed by atoms with Gasteiger partial charge in [0.2, 0.25) is 0 Å². The lowest BCUT2D eigenvalue weighted by Crippen LogP contribution is -2.17. The van der Waals surface area contributed by atoms with Gasteiger partial charge in [0, 0.05) is 0 Å². The van der Waals surface area contributed by atoms with E-state index < -0.39 is 0 Å². The summed E-state index contributed by atoms with van der Waals surface area (Å²) in [6.45, 7) is 3.18. The largest absolute Gasteiger partial charge is 0.330 e. The van der Waals surface area contributed by atoms with Crippen molar-refractivity contribution in [3.63, 3.8) is 0 Å². The molecule has 1 rings (SSSR count). The summed E-state index contributed by atoms with van der Waals surface area (Å²) >= 11 is 0. The predicted octanol–water partition coefficient (Wildman–Crippen LogP) is 3.72. The minimum atomic E-state index is 0.894. The van der Waals surface area contributed by atoms with Gasteiger partial charge in [0.1, 0.15) is 0 Å². The van der Waals surface area contributed by atoms with Crippen molar-refractivity contribution >= 4 is 0 Å². The molecule has 0 aromatic carbocycles.